The lowest BCUT2D eigenvalue weighted by molar-refractivity contribution is -0.139. The van der Waals surface area contributed by atoms with E-state index in [1.165, 1.54) is 22.8 Å². The Labute approximate surface area is 186 Å². The number of hydrogen-bond acceptors (Lipinski definition) is 5. The van der Waals surface area contributed by atoms with Gasteiger partial charge in [-0.25, -0.2) is 14.2 Å². The fraction of sp³-hybridized carbons (Fsp3) is 0.174. The Morgan fingerprint density at radius 1 is 1.26 bits per heavy atom. The first-order valence-corrected chi connectivity index (χ1v) is 10.8. The molecule has 4 rings (SSSR count). The molecule has 0 amide bonds. The van der Waals surface area contributed by atoms with E-state index in [-0.39, 0.29) is 27.3 Å². The molecule has 1 aliphatic heterocycles. The van der Waals surface area contributed by atoms with Crippen LogP contribution < -0.4 is 14.9 Å². The Kier molecular flexibility index (Phi) is 5.89. The van der Waals surface area contributed by atoms with Gasteiger partial charge in [-0.1, -0.05) is 59.3 Å². The van der Waals surface area contributed by atoms with Gasteiger partial charge in [0.25, 0.3) is 5.56 Å². The van der Waals surface area contributed by atoms with Crippen molar-refractivity contribution in [1.29, 1.82) is 0 Å². The monoisotopic (exact) mass is 456 g/mol. The van der Waals surface area contributed by atoms with Gasteiger partial charge in [0.1, 0.15) is 5.82 Å². The van der Waals surface area contributed by atoms with E-state index in [0.29, 0.717) is 16.1 Å². The maximum atomic E-state index is 14.3. The molecule has 0 saturated heterocycles. The molecular formula is C23H18ClFN2O3S. The minimum atomic E-state index is -0.699. The molecule has 8 heteroatoms. The molecule has 31 heavy (non-hydrogen) atoms. The van der Waals surface area contributed by atoms with Crippen molar-refractivity contribution in [2.75, 3.05) is 6.61 Å². The van der Waals surface area contributed by atoms with Crippen LogP contribution in [0.25, 0.3) is 6.08 Å². The third-order valence-electron chi connectivity index (χ3n) is 4.91. The average Bonchev–Trinajstić information content (AvgIpc) is 3.05. The third-order valence-corrected chi connectivity index (χ3v) is 6.22. The van der Waals surface area contributed by atoms with Crippen LogP contribution in [0.4, 0.5) is 4.39 Å². The zero-order valence-electron chi connectivity index (χ0n) is 16.8. The number of rotatable bonds is 4. The van der Waals surface area contributed by atoms with Gasteiger partial charge in [0, 0.05) is 5.56 Å². The van der Waals surface area contributed by atoms with Crippen molar-refractivity contribution >= 4 is 35.0 Å². The van der Waals surface area contributed by atoms with E-state index in [2.05, 4.69) is 4.99 Å². The second-order valence-electron chi connectivity index (χ2n) is 6.85. The van der Waals surface area contributed by atoms with Crippen LogP contribution in [0.2, 0.25) is 5.02 Å². The van der Waals surface area contributed by atoms with Crippen LogP contribution in [-0.2, 0) is 9.53 Å². The van der Waals surface area contributed by atoms with E-state index >= 15 is 0 Å². The van der Waals surface area contributed by atoms with Crippen LogP contribution in [0.15, 0.2) is 69.6 Å². The van der Waals surface area contributed by atoms with Gasteiger partial charge in [0.05, 0.1) is 33.5 Å². The summed E-state index contributed by atoms with van der Waals surface area (Å²) < 4.78 is 21.3. The van der Waals surface area contributed by atoms with Crippen molar-refractivity contribution in [3.05, 3.63) is 101 Å². The van der Waals surface area contributed by atoms with Gasteiger partial charge in [-0.3, -0.25) is 9.36 Å². The highest BCUT2D eigenvalue weighted by Crippen LogP contribution is 2.30. The Hall–Kier alpha value is -3.03. The predicted octanol–water partition coefficient (Wildman–Crippen LogP) is 3.59. The fourth-order valence-corrected chi connectivity index (χ4v) is 4.77. The topological polar surface area (TPSA) is 60.7 Å². The summed E-state index contributed by atoms with van der Waals surface area (Å²) in [6, 6.07) is 12.9. The normalized spacial score (nSPS) is 16.1. The van der Waals surface area contributed by atoms with Gasteiger partial charge in [-0.15, -0.1) is 0 Å². The highest BCUT2D eigenvalue weighted by molar-refractivity contribution is 7.07. The smallest absolute Gasteiger partial charge is 0.338 e. The summed E-state index contributed by atoms with van der Waals surface area (Å²) in [5, 5.41) is 0.203. The molecular weight excluding hydrogens is 439 g/mol. The number of halogens is 2. The van der Waals surface area contributed by atoms with Crippen molar-refractivity contribution in [2.45, 2.75) is 19.9 Å². The second-order valence-corrected chi connectivity index (χ2v) is 8.26. The molecule has 0 aliphatic carbocycles. The van der Waals surface area contributed by atoms with Crippen LogP contribution in [0.3, 0.4) is 0 Å². The first kappa shape index (κ1) is 21.2. The van der Waals surface area contributed by atoms with Crippen molar-refractivity contribution < 1.29 is 13.9 Å². The molecule has 0 N–H and O–H groups in total. The number of hydrogen-bond donors (Lipinski definition) is 0. The molecule has 1 aromatic heterocycles. The van der Waals surface area contributed by atoms with Gasteiger partial charge >= 0.3 is 5.97 Å². The molecule has 0 bridgehead atoms. The minimum Gasteiger partial charge on any atom is -0.463 e. The maximum Gasteiger partial charge on any atom is 0.338 e. The minimum absolute atomic E-state index is 0.132. The molecule has 3 aromatic rings. The van der Waals surface area contributed by atoms with E-state index in [1.54, 1.807) is 19.9 Å². The standard InChI is InChI=1S/C23H18ClFN2O3S/c1-3-30-22(29)19-13(2)26-23-27(20(19)14-8-5-4-6-9-14)21(28)18(31-23)12-15-16(24)10-7-11-17(15)25/h4-12,20H,3H2,1-2H3/b18-12-/t20-/m0/s1. The largest absolute Gasteiger partial charge is 0.463 e. The van der Waals surface area contributed by atoms with Crippen LogP contribution in [0.5, 0.6) is 0 Å². The lowest BCUT2D eigenvalue weighted by Gasteiger charge is -2.24. The first-order valence-electron chi connectivity index (χ1n) is 9.61. The Morgan fingerprint density at radius 3 is 2.68 bits per heavy atom. The number of benzene rings is 2. The number of thiazole rings is 1. The molecule has 0 saturated carbocycles. The lowest BCUT2D eigenvalue weighted by Crippen LogP contribution is -2.39. The second kappa shape index (κ2) is 8.61. The Balaban J connectivity index is 1.99. The van der Waals surface area contributed by atoms with Crippen molar-refractivity contribution in [3.8, 4) is 0 Å². The molecule has 158 valence electrons. The van der Waals surface area contributed by atoms with Gasteiger partial charge in [-0.2, -0.15) is 0 Å². The van der Waals surface area contributed by atoms with Crippen molar-refractivity contribution in [1.82, 2.24) is 4.57 Å². The molecule has 0 unspecified atom stereocenters. The quantitative estimate of drug-likeness (QED) is 0.564. The molecule has 5 nitrogen and oxygen atoms in total. The van der Waals surface area contributed by atoms with Crippen LogP contribution in [0, 0.1) is 5.82 Å². The van der Waals surface area contributed by atoms with Crippen LogP contribution in [-0.4, -0.2) is 17.1 Å². The number of fused-ring (bicyclic) bond motifs is 1. The van der Waals surface area contributed by atoms with Crippen molar-refractivity contribution in [2.24, 2.45) is 4.99 Å². The fourth-order valence-electron chi connectivity index (χ4n) is 3.52. The Morgan fingerprint density at radius 2 is 2.00 bits per heavy atom. The van der Waals surface area contributed by atoms with E-state index in [9.17, 15) is 14.0 Å². The van der Waals surface area contributed by atoms with E-state index in [1.807, 2.05) is 30.3 Å². The summed E-state index contributed by atoms with van der Waals surface area (Å²) in [6.45, 7) is 3.64. The number of carbonyl (C=O) groups excluding carboxylic acids is 1. The summed E-state index contributed by atoms with van der Waals surface area (Å²) in [6.07, 6.45) is 1.42. The van der Waals surface area contributed by atoms with Crippen LogP contribution >= 0.6 is 22.9 Å². The van der Waals surface area contributed by atoms with Crippen molar-refractivity contribution in [3.63, 3.8) is 0 Å². The molecule has 2 aromatic carbocycles. The SMILES string of the molecule is CCOC(=O)C1=C(C)N=c2s/c(=C\c3c(F)cccc3Cl)c(=O)n2[C@H]1c1ccccc1. The number of carbonyl (C=O) groups is 1. The molecule has 1 atom stereocenters. The number of ether oxygens (including phenoxy) is 1. The predicted molar refractivity (Wildman–Crippen MR) is 118 cm³/mol. The molecule has 0 fully saturated rings. The highest BCUT2D eigenvalue weighted by atomic mass is 35.5. The number of esters is 1. The summed E-state index contributed by atoms with van der Waals surface area (Å²) in [4.78, 5) is 31.1. The van der Waals surface area contributed by atoms with Gasteiger partial charge in [0.15, 0.2) is 4.80 Å². The Bertz CT molecular complexity index is 1360. The van der Waals surface area contributed by atoms with Gasteiger partial charge in [0.2, 0.25) is 0 Å². The zero-order chi connectivity index (χ0) is 22.1. The molecule has 1 aliphatic rings. The highest BCUT2D eigenvalue weighted by Gasteiger charge is 2.33. The van der Waals surface area contributed by atoms with E-state index < -0.39 is 17.8 Å². The number of aromatic nitrogens is 1. The maximum absolute atomic E-state index is 14.3. The van der Waals surface area contributed by atoms with Crippen LogP contribution in [0.1, 0.15) is 31.0 Å². The first-order chi connectivity index (χ1) is 14.9. The lowest BCUT2D eigenvalue weighted by atomic mass is 9.96. The molecule has 0 radical (unpaired) electrons. The van der Waals surface area contributed by atoms with E-state index in [4.69, 9.17) is 16.3 Å². The summed E-state index contributed by atoms with van der Waals surface area (Å²) in [5.41, 5.74) is 1.27. The molecule has 2 heterocycles. The van der Waals surface area contributed by atoms with Gasteiger partial charge < -0.3 is 4.74 Å². The zero-order valence-corrected chi connectivity index (χ0v) is 18.3. The summed E-state index contributed by atoms with van der Waals surface area (Å²) in [7, 11) is 0. The number of allylic oxidation sites excluding steroid dienone is 1. The van der Waals surface area contributed by atoms with Gasteiger partial charge in [-0.05, 0) is 37.6 Å². The third kappa shape index (κ3) is 3.86. The number of nitrogens with zero attached hydrogens (tertiary/aromatic N) is 2. The molecule has 0 spiro atoms. The van der Waals surface area contributed by atoms with E-state index in [0.717, 1.165) is 16.9 Å². The average molecular weight is 457 g/mol. The summed E-state index contributed by atoms with van der Waals surface area (Å²) >= 11 is 7.26. The summed E-state index contributed by atoms with van der Waals surface area (Å²) in [5.74, 6) is -1.05.